The first-order chi connectivity index (χ1) is 10.5. The molecule has 2 atom stereocenters. The van der Waals surface area contributed by atoms with E-state index in [0.717, 1.165) is 12.8 Å². The van der Waals surface area contributed by atoms with Crippen molar-refractivity contribution >= 4 is 5.91 Å². The number of nitrogens with one attached hydrogen (secondary N) is 1. The van der Waals surface area contributed by atoms with Gasteiger partial charge in [0.2, 0.25) is 11.7 Å². The third-order valence-electron chi connectivity index (χ3n) is 3.35. The molecule has 118 valence electrons. The molecule has 1 aromatic carbocycles. The number of aromatic nitrogens is 4. The van der Waals surface area contributed by atoms with E-state index in [1.165, 1.54) is 16.9 Å². The number of benzene rings is 1. The first kappa shape index (κ1) is 16.1. The summed E-state index contributed by atoms with van der Waals surface area (Å²) in [4.78, 5) is 13.4. The van der Waals surface area contributed by atoms with Crippen molar-refractivity contribution in [3.63, 3.8) is 0 Å². The van der Waals surface area contributed by atoms with E-state index in [9.17, 15) is 9.18 Å². The van der Waals surface area contributed by atoms with Crippen molar-refractivity contribution in [3.05, 3.63) is 30.1 Å². The molecule has 0 fully saturated rings. The molecule has 2 aromatic rings. The Morgan fingerprint density at radius 1 is 1.41 bits per heavy atom. The van der Waals surface area contributed by atoms with Crippen molar-refractivity contribution in [1.29, 1.82) is 0 Å². The lowest BCUT2D eigenvalue weighted by atomic mass is 10.2. The molecule has 6 nitrogen and oxygen atoms in total. The topological polar surface area (TPSA) is 72.7 Å². The molecule has 7 heteroatoms. The second-order valence-corrected chi connectivity index (χ2v) is 5.32. The van der Waals surface area contributed by atoms with Crippen LogP contribution in [0, 0.1) is 5.82 Å². The monoisotopic (exact) mass is 305 g/mol. The number of hydrogen-bond donors (Lipinski definition) is 1. The van der Waals surface area contributed by atoms with E-state index in [0.29, 0.717) is 11.4 Å². The Morgan fingerprint density at radius 3 is 2.86 bits per heavy atom. The van der Waals surface area contributed by atoms with E-state index in [2.05, 4.69) is 27.7 Å². The van der Waals surface area contributed by atoms with Crippen molar-refractivity contribution in [2.45, 2.75) is 45.7 Å². The third-order valence-corrected chi connectivity index (χ3v) is 3.35. The SMILES string of the molecule is CCC[C@@H](C)NC(=O)[C@@H](C)n1nnc(-c2cccc(F)c2)n1. The molecule has 0 aliphatic rings. The molecule has 0 aliphatic heterocycles. The van der Waals surface area contributed by atoms with Gasteiger partial charge in [-0.1, -0.05) is 25.5 Å². The van der Waals surface area contributed by atoms with Gasteiger partial charge in [0.25, 0.3) is 0 Å². The number of carbonyl (C=O) groups excluding carboxylic acids is 1. The van der Waals surface area contributed by atoms with Crippen LogP contribution in [-0.4, -0.2) is 32.2 Å². The van der Waals surface area contributed by atoms with Crippen LogP contribution in [0.5, 0.6) is 0 Å². The maximum absolute atomic E-state index is 13.2. The summed E-state index contributed by atoms with van der Waals surface area (Å²) >= 11 is 0. The molecular formula is C15H20FN5O. The normalized spacial score (nSPS) is 13.6. The summed E-state index contributed by atoms with van der Waals surface area (Å²) in [5, 5.41) is 14.8. The van der Waals surface area contributed by atoms with Crippen LogP contribution in [0.1, 0.15) is 39.7 Å². The molecule has 2 rings (SSSR count). The van der Waals surface area contributed by atoms with Crippen LogP contribution in [-0.2, 0) is 4.79 Å². The lowest BCUT2D eigenvalue weighted by molar-refractivity contribution is -0.125. The number of hydrogen-bond acceptors (Lipinski definition) is 4. The Labute approximate surface area is 128 Å². The summed E-state index contributed by atoms with van der Waals surface area (Å²) in [6, 6.07) is 5.47. The van der Waals surface area contributed by atoms with Gasteiger partial charge in [0.05, 0.1) is 0 Å². The predicted octanol–water partition coefficient (Wildman–Crippen LogP) is 2.34. The zero-order valence-electron chi connectivity index (χ0n) is 13.0. The maximum atomic E-state index is 13.2. The minimum Gasteiger partial charge on any atom is -0.352 e. The highest BCUT2D eigenvalue weighted by atomic mass is 19.1. The van der Waals surface area contributed by atoms with Gasteiger partial charge < -0.3 is 5.32 Å². The molecule has 22 heavy (non-hydrogen) atoms. The predicted molar refractivity (Wildman–Crippen MR) is 80.4 cm³/mol. The average molecular weight is 305 g/mol. The molecule has 1 N–H and O–H groups in total. The van der Waals surface area contributed by atoms with Gasteiger partial charge in [-0.2, -0.15) is 4.80 Å². The Kier molecular flexibility index (Phi) is 5.19. The number of halogens is 1. The second-order valence-electron chi connectivity index (χ2n) is 5.32. The second kappa shape index (κ2) is 7.11. The number of nitrogens with zero attached hydrogens (tertiary/aromatic N) is 4. The summed E-state index contributed by atoms with van der Waals surface area (Å²) in [5.74, 6) is -0.238. The zero-order valence-corrected chi connectivity index (χ0v) is 13.0. The van der Waals surface area contributed by atoms with Crippen LogP contribution < -0.4 is 5.32 Å². The molecule has 0 spiro atoms. The van der Waals surface area contributed by atoms with E-state index < -0.39 is 6.04 Å². The molecule has 1 heterocycles. The molecule has 0 bridgehead atoms. The highest BCUT2D eigenvalue weighted by Crippen LogP contribution is 2.15. The summed E-state index contributed by atoms with van der Waals surface area (Å²) in [7, 11) is 0. The van der Waals surface area contributed by atoms with Crippen LogP contribution in [0.15, 0.2) is 24.3 Å². The standard InChI is InChI=1S/C15H20FN5O/c1-4-6-10(2)17-15(22)11(3)21-19-14(18-20-21)12-7-5-8-13(16)9-12/h5,7-11H,4,6H2,1-3H3,(H,17,22)/t10-,11-/m1/s1. The summed E-state index contributed by atoms with van der Waals surface area (Å²) in [6.07, 6.45) is 1.92. The highest BCUT2D eigenvalue weighted by Gasteiger charge is 2.20. The number of rotatable bonds is 6. The summed E-state index contributed by atoms with van der Waals surface area (Å²) in [6.45, 7) is 5.72. The van der Waals surface area contributed by atoms with Gasteiger partial charge in [0.1, 0.15) is 11.9 Å². The summed E-state index contributed by atoms with van der Waals surface area (Å²) < 4.78 is 13.2. The van der Waals surface area contributed by atoms with Crippen molar-refractivity contribution in [2.75, 3.05) is 0 Å². The fraction of sp³-hybridized carbons (Fsp3) is 0.467. The third kappa shape index (κ3) is 3.87. The molecule has 0 saturated heterocycles. The Hall–Kier alpha value is -2.31. The molecule has 0 aliphatic carbocycles. The van der Waals surface area contributed by atoms with Gasteiger partial charge in [-0.15, -0.1) is 10.2 Å². The Balaban J connectivity index is 2.09. The molecule has 1 aromatic heterocycles. The fourth-order valence-corrected chi connectivity index (χ4v) is 2.11. The first-order valence-electron chi connectivity index (χ1n) is 7.37. The Morgan fingerprint density at radius 2 is 2.18 bits per heavy atom. The quantitative estimate of drug-likeness (QED) is 0.889. The molecule has 0 unspecified atom stereocenters. The Bertz CT molecular complexity index is 642. The lowest BCUT2D eigenvalue weighted by Gasteiger charge is -2.15. The first-order valence-corrected chi connectivity index (χ1v) is 7.37. The van der Waals surface area contributed by atoms with Crippen molar-refractivity contribution in [1.82, 2.24) is 25.5 Å². The summed E-state index contributed by atoms with van der Waals surface area (Å²) in [5.41, 5.74) is 0.526. The van der Waals surface area contributed by atoms with E-state index in [-0.39, 0.29) is 17.8 Å². The van der Waals surface area contributed by atoms with Crippen LogP contribution in [0.2, 0.25) is 0 Å². The number of amides is 1. The number of tetrazole rings is 1. The van der Waals surface area contributed by atoms with Crippen molar-refractivity contribution < 1.29 is 9.18 Å². The van der Waals surface area contributed by atoms with Crippen LogP contribution in [0.3, 0.4) is 0 Å². The van der Waals surface area contributed by atoms with E-state index in [4.69, 9.17) is 0 Å². The van der Waals surface area contributed by atoms with Gasteiger partial charge in [0, 0.05) is 11.6 Å². The smallest absolute Gasteiger partial charge is 0.246 e. The zero-order chi connectivity index (χ0) is 16.1. The molecule has 1 amide bonds. The van der Waals surface area contributed by atoms with Gasteiger partial charge in [0.15, 0.2) is 0 Å². The lowest BCUT2D eigenvalue weighted by Crippen LogP contribution is -2.37. The number of carbonyl (C=O) groups is 1. The van der Waals surface area contributed by atoms with E-state index in [1.54, 1.807) is 19.1 Å². The van der Waals surface area contributed by atoms with Gasteiger partial charge >= 0.3 is 0 Å². The minimum absolute atomic E-state index is 0.103. The highest BCUT2D eigenvalue weighted by molar-refractivity contribution is 5.79. The molecular weight excluding hydrogens is 285 g/mol. The van der Waals surface area contributed by atoms with E-state index >= 15 is 0 Å². The molecule has 0 radical (unpaired) electrons. The van der Waals surface area contributed by atoms with Gasteiger partial charge in [-0.3, -0.25) is 4.79 Å². The van der Waals surface area contributed by atoms with Crippen LogP contribution in [0.25, 0.3) is 11.4 Å². The van der Waals surface area contributed by atoms with Crippen molar-refractivity contribution in [3.8, 4) is 11.4 Å². The average Bonchev–Trinajstić information content (AvgIpc) is 2.96. The fourth-order valence-electron chi connectivity index (χ4n) is 2.11. The minimum atomic E-state index is -0.575. The van der Waals surface area contributed by atoms with E-state index in [1.807, 2.05) is 6.92 Å². The van der Waals surface area contributed by atoms with Gasteiger partial charge in [-0.05, 0) is 37.6 Å². The van der Waals surface area contributed by atoms with Gasteiger partial charge in [-0.25, -0.2) is 4.39 Å². The largest absolute Gasteiger partial charge is 0.352 e. The molecule has 0 saturated carbocycles. The van der Waals surface area contributed by atoms with Crippen LogP contribution in [0.4, 0.5) is 4.39 Å². The van der Waals surface area contributed by atoms with Crippen molar-refractivity contribution in [2.24, 2.45) is 0 Å². The maximum Gasteiger partial charge on any atom is 0.246 e. The van der Waals surface area contributed by atoms with Crippen LogP contribution >= 0.6 is 0 Å².